The Morgan fingerprint density at radius 2 is 1.73 bits per heavy atom. The Morgan fingerprint density at radius 3 is 2.31 bits per heavy atom. The molecular formula is C18H20FIN4O2. The molecule has 0 radical (unpaired) electrons. The highest BCUT2D eigenvalue weighted by Crippen LogP contribution is 2.11. The Balaban J connectivity index is 0.00000338. The number of benzene rings is 2. The summed E-state index contributed by atoms with van der Waals surface area (Å²) >= 11 is 0. The second-order valence-corrected chi connectivity index (χ2v) is 5.24. The van der Waals surface area contributed by atoms with Gasteiger partial charge < -0.3 is 10.6 Å². The summed E-state index contributed by atoms with van der Waals surface area (Å²) in [5.41, 5.74) is 1.83. The van der Waals surface area contributed by atoms with Crippen molar-refractivity contribution in [3.63, 3.8) is 0 Å². The van der Waals surface area contributed by atoms with E-state index < -0.39 is 4.92 Å². The van der Waals surface area contributed by atoms with Crippen molar-refractivity contribution in [2.45, 2.75) is 13.1 Å². The minimum atomic E-state index is -0.432. The molecule has 0 bridgehead atoms. The summed E-state index contributed by atoms with van der Waals surface area (Å²) in [6.07, 6.45) is 1.71. The maximum atomic E-state index is 12.9. The van der Waals surface area contributed by atoms with Gasteiger partial charge in [0.2, 0.25) is 0 Å². The van der Waals surface area contributed by atoms with E-state index in [-0.39, 0.29) is 35.5 Å². The highest BCUT2D eigenvalue weighted by molar-refractivity contribution is 14.0. The van der Waals surface area contributed by atoms with Gasteiger partial charge in [-0.25, -0.2) is 9.38 Å². The van der Waals surface area contributed by atoms with Crippen LogP contribution in [-0.4, -0.2) is 17.4 Å². The van der Waals surface area contributed by atoms with Gasteiger partial charge in [-0.2, -0.15) is 0 Å². The molecule has 0 heterocycles. The van der Waals surface area contributed by atoms with Gasteiger partial charge in [-0.3, -0.25) is 10.1 Å². The first kappa shape index (κ1) is 21.6. The van der Waals surface area contributed by atoms with Crippen molar-refractivity contribution >= 4 is 35.6 Å². The lowest BCUT2D eigenvalue weighted by Gasteiger charge is -2.11. The molecule has 0 fully saturated rings. The molecule has 6 nitrogen and oxygen atoms in total. The molecule has 2 aromatic carbocycles. The zero-order valence-corrected chi connectivity index (χ0v) is 16.4. The lowest BCUT2D eigenvalue weighted by molar-refractivity contribution is -0.384. The van der Waals surface area contributed by atoms with E-state index in [0.717, 1.165) is 11.1 Å². The largest absolute Gasteiger partial charge is 0.353 e. The molecule has 2 aromatic rings. The summed E-state index contributed by atoms with van der Waals surface area (Å²) in [5.74, 6) is 0.289. The van der Waals surface area contributed by atoms with E-state index in [2.05, 4.69) is 22.2 Å². The molecule has 0 atom stereocenters. The predicted molar refractivity (Wildman–Crippen MR) is 111 cm³/mol. The van der Waals surface area contributed by atoms with Crippen molar-refractivity contribution < 1.29 is 9.31 Å². The Hall–Kier alpha value is -2.49. The minimum absolute atomic E-state index is 0. The van der Waals surface area contributed by atoms with Crippen molar-refractivity contribution in [2.75, 3.05) is 6.54 Å². The zero-order chi connectivity index (χ0) is 18.1. The monoisotopic (exact) mass is 470 g/mol. The van der Waals surface area contributed by atoms with Crippen LogP contribution < -0.4 is 10.6 Å². The van der Waals surface area contributed by atoms with E-state index in [4.69, 9.17) is 0 Å². The van der Waals surface area contributed by atoms with E-state index in [1.165, 1.54) is 24.3 Å². The van der Waals surface area contributed by atoms with Crippen LogP contribution in [0.25, 0.3) is 0 Å². The molecule has 0 aromatic heterocycles. The quantitative estimate of drug-likeness (QED) is 0.161. The van der Waals surface area contributed by atoms with Crippen molar-refractivity contribution in [3.05, 3.63) is 88.2 Å². The van der Waals surface area contributed by atoms with Crippen molar-refractivity contribution in [2.24, 2.45) is 4.99 Å². The third-order valence-corrected chi connectivity index (χ3v) is 3.35. The number of nitrogens with zero attached hydrogens (tertiary/aromatic N) is 2. The molecule has 0 spiro atoms. The number of aliphatic imine (C=N–C) groups is 1. The molecule has 138 valence electrons. The van der Waals surface area contributed by atoms with Crippen LogP contribution in [0.5, 0.6) is 0 Å². The van der Waals surface area contributed by atoms with Gasteiger partial charge in [0.25, 0.3) is 5.69 Å². The molecule has 26 heavy (non-hydrogen) atoms. The number of non-ortho nitro benzene ring substituents is 1. The maximum Gasteiger partial charge on any atom is 0.269 e. The van der Waals surface area contributed by atoms with Crippen LogP contribution >= 0.6 is 24.0 Å². The van der Waals surface area contributed by atoms with Crippen molar-refractivity contribution in [1.29, 1.82) is 0 Å². The third-order valence-electron chi connectivity index (χ3n) is 3.35. The Kier molecular flexibility index (Phi) is 9.27. The smallest absolute Gasteiger partial charge is 0.269 e. The van der Waals surface area contributed by atoms with Gasteiger partial charge >= 0.3 is 0 Å². The molecular weight excluding hydrogens is 450 g/mol. The number of nitro groups is 1. The van der Waals surface area contributed by atoms with Gasteiger partial charge in [-0.1, -0.05) is 30.3 Å². The second kappa shape index (κ2) is 11.2. The molecule has 2 rings (SSSR count). The lowest BCUT2D eigenvalue weighted by atomic mass is 10.2. The Bertz CT molecular complexity index is 749. The van der Waals surface area contributed by atoms with Gasteiger partial charge in [0.05, 0.1) is 11.5 Å². The van der Waals surface area contributed by atoms with Gasteiger partial charge in [0.15, 0.2) is 5.96 Å². The summed E-state index contributed by atoms with van der Waals surface area (Å²) in [4.78, 5) is 14.7. The number of hydrogen-bond donors (Lipinski definition) is 2. The van der Waals surface area contributed by atoms with E-state index in [1.807, 2.05) is 0 Å². The number of nitrogens with one attached hydrogen (secondary N) is 2. The summed E-state index contributed by atoms with van der Waals surface area (Å²) in [7, 11) is 0. The highest BCUT2D eigenvalue weighted by Gasteiger charge is 2.04. The van der Waals surface area contributed by atoms with Gasteiger partial charge in [0.1, 0.15) is 5.82 Å². The van der Waals surface area contributed by atoms with Crippen molar-refractivity contribution in [1.82, 2.24) is 10.6 Å². The lowest BCUT2D eigenvalue weighted by Crippen LogP contribution is -2.37. The first-order valence-corrected chi connectivity index (χ1v) is 7.69. The fourth-order valence-corrected chi connectivity index (χ4v) is 2.02. The molecule has 2 N–H and O–H groups in total. The molecule has 0 unspecified atom stereocenters. The normalized spacial score (nSPS) is 10.6. The first-order chi connectivity index (χ1) is 12.1. The molecule has 0 saturated heterocycles. The zero-order valence-electron chi connectivity index (χ0n) is 14.0. The Morgan fingerprint density at radius 1 is 1.12 bits per heavy atom. The standard InChI is InChI=1S/C18H19FN4O2.HI/c1-2-11-20-18(21-12-14-3-7-16(19)8-4-14)22-13-15-5-9-17(10-6-15)23(24)25;/h2-10H,1,11-13H2,(H2,20,21,22);1H. The molecule has 0 amide bonds. The fraction of sp³-hybridized carbons (Fsp3) is 0.167. The number of halogens is 2. The van der Waals surface area contributed by atoms with Crippen LogP contribution in [-0.2, 0) is 13.1 Å². The van der Waals surface area contributed by atoms with Gasteiger partial charge in [-0.15, -0.1) is 30.6 Å². The minimum Gasteiger partial charge on any atom is -0.353 e. The van der Waals surface area contributed by atoms with E-state index in [1.54, 1.807) is 30.3 Å². The fourth-order valence-electron chi connectivity index (χ4n) is 2.02. The molecule has 0 aliphatic rings. The van der Waals surface area contributed by atoms with E-state index in [9.17, 15) is 14.5 Å². The summed E-state index contributed by atoms with van der Waals surface area (Å²) in [6, 6.07) is 12.5. The predicted octanol–water partition coefficient (Wildman–Crippen LogP) is 3.77. The van der Waals surface area contributed by atoms with Crippen LogP contribution in [0.4, 0.5) is 10.1 Å². The van der Waals surface area contributed by atoms with Crippen LogP contribution in [0.1, 0.15) is 11.1 Å². The van der Waals surface area contributed by atoms with E-state index >= 15 is 0 Å². The third kappa shape index (κ3) is 7.18. The Labute approximate surface area is 168 Å². The van der Waals surface area contributed by atoms with Crippen LogP contribution in [0.2, 0.25) is 0 Å². The average Bonchev–Trinajstić information content (AvgIpc) is 2.62. The SMILES string of the molecule is C=CCNC(=NCc1ccc(F)cc1)NCc1ccc([N+](=O)[O-])cc1.I. The summed E-state index contributed by atoms with van der Waals surface area (Å²) in [6.45, 7) is 5.05. The van der Waals surface area contributed by atoms with Crippen LogP contribution in [0, 0.1) is 15.9 Å². The maximum absolute atomic E-state index is 12.9. The number of hydrogen-bond acceptors (Lipinski definition) is 3. The van der Waals surface area contributed by atoms with Gasteiger partial charge in [-0.05, 0) is 23.3 Å². The molecule has 0 aliphatic heterocycles. The number of nitro benzene ring substituents is 1. The topological polar surface area (TPSA) is 79.6 Å². The highest BCUT2D eigenvalue weighted by atomic mass is 127. The summed E-state index contributed by atoms with van der Waals surface area (Å²) in [5, 5.41) is 16.9. The number of guanidine groups is 1. The first-order valence-electron chi connectivity index (χ1n) is 7.69. The molecule has 0 saturated carbocycles. The average molecular weight is 470 g/mol. The van der Waals surface area contributed by atoms with Crippen molar-refractivity contribution in [3.8, 4) is 0 Å². The van der Waals surface area contributed by atoms with E-state index in [0.29, 0.717) is 25.6 Å². The molecule has 8 heteroatoms. The van der Waals surface area contributed by atoms with Gasteiger partial charge in [0, 0.05) is 25.2 Å². The van der Waals surface area contributed by atoms with Crippen LogP contribution in [0.15, 0.2) is 66.2 Å². The van der Waals surface area contributed by atoms with Crippen LogP contribution in [0.3, 0.4) is 0 Å². The summed E-state index contributed by atoms with van der Waals surface area (Å²) < 4.78 is 12.9. The molecule has 0 aliphatic carbocycles. The number of rotatable bonds is 7. The second-order valence-electron chi connectivity index (χ2n) is 5.24.